The van der Waals surface area contributed by atoms with Crippen LogP contribution in [-0.4, -0.2) is 32.8 Å². The number of H-pyrrole nitrogens is 1. The Kier molecular flexibility index (Phi) is 4.19. The Morgan fingerprint density at radius 2 is 2.38 bits per heavy atom. The quantitative estimate of drug-likeness (QED) is 0.715. The highest BCUT2D eigenvalue weighted by atomic mass is 16.5. The number of hydrogen-bond acceptors (Lipinski definition) is 5. The van der Waals surface area contributed by atoms with Gasteiger partial charge in [0, 0.05) is 7.05 Å². The fourth-order valence-corrected chi connectivity index (χ4v) is 1.04. The van der Waals surface area contributed by atoms with Crippen molar-refractivity contribution < 1.29 is 9.53 Å². The van der Waals surface area contributed by atoms with Gasteiger partial charge in [-0.05, 0) is 6.92 Å². The highest BCUT2D eigenvalue weighted by Crippen LogP contribution is 2.00. The minimum Gasteiger partial charge on any atom is -0.468 e. The molecule has 1 N–H and O–H groups in total. The second-order valence-corrected chi connectivity index (χ2v) is 2.79. The summed E-state index contributed by atoms with van der Waals surface area (Å²) in [5.74, 6) is 0. The molecule has 16 heavy (non-hydrogen) atoms. The Morgan fingerprint density at radius 1 is 1.62 bits per heavy atom. The van der Waals surface area contributed by atoms with Gasteiger partial charge >= 0.3 is 0 Å². The first-order chi connectivity index (χ1) is 7.70. The zero-order valence-corrected chi connectivity index (χ0v) is 9.01. The Labute approximate surface area is 91.1 Å². The van der Waals surface area contributed by atoms with Crippen LogP contribution in [0.15, 0.2) is 17.3 Å². The summed E-state index contributed by atoms with van der Waals surface area (Å²) in [7, 11) is 1.74. The molecule has 0 aromatic carbocycles. The van der Waals surface area contributed by atoms with Crippen molar-refractivity contribution in [1.82, 2.24) is 19.7 Å². The molecule has 86 valence electrons. The fraction of sp³-hybridized carbons (Fsp3) is 0.333. The minimum atomic E-state index is -0.150. The molecule has 7 heteroatoms. The predicted molar refractivity (Wildman–Crippen MR) is 56.8 cm³/mol. The molecule has 0 unspecified atom stereocenters. The second-order valence-electron chi connectivity index (χ2n) is 2.79. The van der Waals surface area contributed by atoms with E-state index in [0.29, 0.717) is 24.1 Å². The van der Waals surface area contributed by atoms with Crippen LogP contribution < -0.4 is 5.56 Å². The van der Waals surface area contributed by atoms with Gasteiger partial charge in [0.15, 0.2) is 5.65 Å². The van der Waals surface area contributed by atoms with Gasteiger partial charge in [0.25, 0.3) is 12.0 Å². The van der Waals surface area contributed by atoms with Crippen molar-refractivity contribution in [1.29, 1.82) is 0 Å². The second kappa shape index (κ2) is 5.64. The average Bonchev–Trinajstić information content (AvgIpc) is 2.65. The molecule has 0 saturated carbocycles. The van der Waals surface area contributed by atoms with Crippen molar-refractivity contribution in [2.75, 3.05) is 6.61 Å². The maximum absolute atomic E-state index is 11.0. The van der Waals surface area contributed by atoms with E-state index in [2.05, 4.69) is 19.8 Å². The number of carbonyl (C=O) groups is 1. The molecule has 0 spiro atoms. The first-order valence-corrected chi connectivity index (χ1v) is 4.61. The molecule has 0 aliphatic heterocycles. The molecule has 0 aliphatic rings. The van der Waals surface area contributed by atoms with Crippen molar-refractivity contribution in [3.8, 4) is 0 Å². The number of hydrogen-bond donors (Lipinski definition) is 1. The summed E-state index contributed by atoms with van der Waals surface area (Å²) in [6, 6.07) is 0. The van der Waals surface area contributed by atoms with E-state index < -0.39 is 0 Å². The summed E-state index contributed by atoms with van der Waals surface area (Å²) in [6.45, 7) is 2.66. The smallest absolute Gasteiger partial charge is 0.293 e. The number of fused-ring (bicyclic) bond motifs is 1. The fourth-order valence-electron chi connectivity index (χ4n) is 1.04. The summed E-state index contributed by atoms with van der Waals surface area (Å²) in [5.41, 5.74) is 0.455. The largest absolute Gasteiger partial charge is 0.468 e. The summed E-state index contributed by atoms with van der Waals surface area (Å²) >= 11 is 0. The number of nitrogens with one attached hydrogen (secondary N) is 1. The molecule has 7 nitrogen and oxygen atoms in total. The number of carbonyl (C=O) groups excluding carboxylic acids is 1. The van der Waals surface area contributed by atoms with Crippen molar-refractivity contribution in [2.45, 2.75) is 6.92 Å². The molecular formula is C9H12N4O3. The van der Waals surface area contributed by atoms with Crippen LogP contribution in [0.25, 0.3) is 11.0 Å². The van der Waals surface area contributed by atoms with Crippen molar-refractivity contribution >= 4 is 17.5 Å². The lowest BCUT2D eigenvalue weighted by atomic mass is 10.4. The predicted octanol–water partition coefficient (Wildman–Crippen LogP) is -0.164. The molecular weight excluding hydrogens is 212 g/mol. The van der Waals surface area contributed by atoms with Gasteiger partial charge in [0.2, 0.25) is 0 Å². The van der Waals surface area contributed by atoms with Gasteiger partial charge in [-0.3, -0.25) is 14.3 Å². The molecule has 0 saturated heterocycles. The molecule has 0 aliphatic carbocycles. The number of aromatic amines is 1. The van der Waals surface area contributed by atoms with Gasteiger partial charge < -0.3 is 9.72 Å². The molecule has 2 aromatic rings. The maximum Gasteiger partial charge on any atom is 0.293 e. The highest BCUT2D eigenvalue weighted by Gasteiger charge is 2.01. The van der Waals surface area contributed by atoms with Gasteiger partial charge in [-0.1, -0.05) is 0 Å². The molecule has 2 heterocycles. The number of nitrogens with zero attached hydrogens (tertiary/aromatic N) is 3. The zero-order chi connectivity index (χ0) is 12.0. The Hall–Kier alpha value is -2.18. The van der Waals surface area contributed by atoms with E-state index in [4.69, 9.17) is 0 Å². The van der Waals surface area contributed by atoms with E-state index in [1.54, 1.807) is 18.7 Å². The van der Waals surface area contributed by atoms with E-state index in [9.17, 15) is 9.59 Å². The number of ether oxygens (including phenoxy) is 1. The topological polar surface area (TPSA) is 89.9 Å². The molecule has 2 rings (SSSR count). The standard InChI is InChI=1S/C6H6N4O.C3H6O2/c1-10-5-4(2-9-10)6(11)8-3-7-5;1-2-5-3-4/h2-3H,1H3,(H,7,8,11);3H,2H2,1H3. The monoisotopic (exact) mass is 224 g/mol. The number of rotatable bonds is 2. The van der Waals surface area contributed by atoms with Gasteiger partial charge in [0.05, 0.1) is 19.1 Å². The minimum absolute atomic E-state index is 0.150. The molecule has 0 atom stereocenters. The third-order valence-corrected chi connectivity index (χ3v) is 1.77. The van der Waals surface area contributed by atoms with E-state index in [1.807, 2.05) is 0 Å². The van der Waals surface area contributed by atoms with Crippen LogP contribution in [0.4, 0.5) is 0 Å². The summed E-state index contributed by atoms with van der Waals surface area (Å²) in [6.07, 6.45) is 2.87. The third-order valence-electron chi connectivity index (χ3n) is 1.77. The van der Waals surface area contributed by atoms with Crippen molar-refractivity contribution in [3.05, 3.63) is 22.9 Å². The van der Waals surface area contributed by atoms with Crippen LogP contribution in [0.3, 0.4) is 0 Å². The van der Waals surface area contributed by atoms with Gasteiger partial charge in [-0.25, -0.2) is 4.98 Å². The normalized spacial score (nSPS) is 9.38. The summed E-state index contributed by atoms with van der Waals surface area (Å²) < 4.78 is 5.71. The molecule has 0 radical (unpaired) electrons. The van der Waals surface area contributed by atoms with Crippen LogP contribution in [-0.2, 0) is 16.6 Å². The van der Waals surface area contributed by atoms with Crippen LogP contribution in [0.2, 0.25) is 0 Å². The SMILES string of the molecule is CCOC=O.Cn1ncc2c(=O)[nH]cnc21. The molecule has 0 amide bonds. The van der Waals surface area contributed by atoms with E-state index >= 15 is 0 Å². The zero-order valence-electron chi connectivity index (χ0n) is 9.01. The Balaban J connectivity index is 0.000000221. The van der Waals surface area contributed by atoms with Gasteiger partial charge in [-0.15, -0.1) is 0 Å². The van der Waals surface area contributed by atoms with Crippen LogP contribution in [0, 0.1) is 0 Å². The van der Waals surface area contributed by atoms with Gasteiger partial charge in [-0.2, -0.15) is 5.10 Å². The molecule has 0 fully saturated rings. The first-order valence-electron chi connectivity index (χ1n) is 4.61. The lowest BCUT2D eigenvalue weighted by Crippen LogP contribution is -2.05. The van der Waals surface area contributed by atoms with Crippen LogP contribution in [0.1, 0.15) is 6.92 Å². The average molecular weight is 224 g/mol. The Bertz CT molecular complexity index is 517. The van der Waals surface area contributed by atoms with Crippen molar-refractivity contribution in [2.24, 2.45) is 7.05 Å². The van der Waals surface area contributed by atoms with Crippen molar-refractivity contribution in [3.63, 3.8) is 0 Å². The molecule has 0 bridgehead atoms. The lowest BCUT2D eigenvalue weighted by molar-refractivity contribution is -0.128. The molecule has 2 aromatic heterocycles. The Morgan fingerprint density at radius 3 is 2.88 bits per heavy atom. The third kappa shape index (κ3) is 2.66. The lowest BCUT2D eigenvalue weighted by Gasteiger charge is -1.88. The van der Waals surface area contributed by atoms with Crippen LogP contribution >= 0.6 is 0 Å². The van der Waals surface area contributed by atoms with Gasteiger partial charge in [0.1, 0.15) is 5.39 Å². The first kappa shape index (κ1) is 11.9. The van der Waals surface area contributed by atoms with E-state index in [0.717, 1.165) is 0 Å². The summed E-state index contributed by atoms with van der Waals surface area (Å²) in [5, 5.41) is 4.41. The van der Waals surface area contributed by atoms with E-state index in [-0.39, 0.29) is 5.56 Å². The number of aryl methyl sites for hydroxylation is 1. The number of aromatic nitrogens is 4. The maximum atomic E-state index is 11.0. The van der Waals surface area contributed by atoms with E-state index in [1.165, 1.54) is 12.5 Å². The van der Waals surface area contributed by atoms with Crippen LogP contribution in [0.5, 0.6) is 0 Å². The highest BCUT2D eigenvalue weighted by molar-refractivity contribution is 5.72. The summed E-state index contributed by atoms with van der Waals surface area (Å²) in [4.78, 5) is 26.6.